The molecule has 2 heterocycles. The Balaban J connectivity index is 1.53. The van der Waals surface area contributed by atoms with E-state index in [1.807, 2.05) is 26.8 Å². The minimum Gasteiger partial charge on any atom is -0.493 e. The van der Waals surface area contributed by atoms with Crippen molar-refractivity contribution in [3.05, 3.63) is 52.5 Å². The van der Waals surface area contributed by atoms with Gasteiger partial charge in [0.15, 0.2) is 11.5 Å². The standard InChI is InChI=1S/C42H60ClN2O12P/c1-40(2,3)24-45-31-16-15-28(43)21-30(31)35(29-13-12-14-32(51-10)36(29)52-11)57-33(37(45)47)22-34(46)44-19-17-27(18-20-44)23-58(50,55-25-53-38(48)41(4,5)6)56-26-54-39(49)42(7,8)9/h12-16,21,27,33,35H,17-20,22-26H2,1-11H3/t33-,35-/m1/s1. The molecular weight excluding hydrogens is 791 g/mol. The van der Waals surface area contributed by atoms with E-state index in [4.69, 9.17) is 44.3 Å². The number of nitrogens with zero attached hydrogens (tertiary/aromatic N) is 2. The van der Waals surface area contributed by atoms with Crippen LogP contribution in [-0.4, -0.2) is 88.4 Å². The third-order valence-electron chi connectivity index (χ3n) is 9.67. The Labute approximate surface area is 347 Å². The van der Waals surface area contributed by atoms with Gasteiger partial charge in [-0.2, -0.15) is 0 Å². The van der Waals surface area contributed by atoms with Crippen LogP contribution in [0.1, 0.15) is 98.8 Å². The highest BCUT2D eigenvalue weighted by Crippen LogP contribution is 2.51. The fourth-order valence-electron chi connectivity index (χ4n) is 6.57. The van der Waals surface area contributed by atoms with Gasteiger partial charge in [-0.25, -0.2) is 0 Å². The number of para-hydroxylation sites is 1. The summed E-state index contributed by atoms with van der Waals surface area (Å²) in [6.45, 7) is 15.9. The quantitative estimate of drug-likeness (QED) is 0.102. The topological polar surface area (TPSA) is 156 Å². The summed E-state index contributed by atoms with van der Waals surface area (Å²) >= 11 is 6.57. The molecule has 0 saturated carbocycles. The molecule has 0 unspecified atom stereocenters. The van der Waals surface area contributed by atoms with Crippen LogP contribution in [0.4, 0.5) is 5.69 Å². The van der Waals surface area contributed by atoms with Crippen molar-refractivity contribution in [1.82, 2.24) is 4.90 Å². The van der Waals surface area contributed by atoms with E-state index in [1.54, 1.807) is 81.7 Å². The van der Waals surface area contributed by atoms with Crippen molar-refractivity contribution in [3.63, 3.8) is 0 Å². The summed E-state index contributed by atoms with van der Waals surface area (Å²) in [6.07, 6.45) is -1.45. The fourth-order valence-corrected chi connectivity index (χ4v) is 8.46. The van der Waals surface area contributed by atoms with Crippen LogP contribution < -0.4 is 14.4 Å². The van der Waals surface area contributed by atoms with Crippen molar-refractivity contribution in [3.8, 4) is 11.5 Å². The summed E-state index contributed by atoms with van der Waals surface area (Å²) in [4.78, 5) is 56.7. The third-order valence-corrected chi connectivity index (χ3v) is 11.9. The van der Waals surface area contributed by atoms with E-state index in [0.29, 0.717) is 65.8 Å². The zero-order valence-electron chi connectivity index (χ0n) is 35.7. The summed E-state index contributed by atoms with van der Waals surface area (Å²) in [6, 6.07) is 10.7. The number of halogens is 1. The molecule has 0 aliphatic carbocycles. The van der Waals surface area contributed by atoms with Gasteiger partial charge in [0, 0.05) is 41.5 Å². The Morgan fingerprint density at radius 3 is 1.95 bits per heavy atom. The van der Waals surface area contributed by atoms with Crippen molar-refractivity contribution in [1.29, 1.82) is 0 Å². The lowest BCUT2D eigenvalue weighted by Gasteiger charge is -2.34. The Hall–Kier alpha value is -3.68. The van der Waals surface area contributed by atoms with Crippen molar-refractivity contribution < 1.29 is 56.5 Å². The molecule has 4 rings (SSSR count). The van der Waals surface area contributed by atoms with Gasteiger partial charge in [0.1, 0.15) is 12.2 Å². The molecule has 2 atom stereocenters. The first-order chi connectivity index (χ1) is 27.0. The zero-order chi connectivity index (χ0) is 43.2. The predicted octanol–water partition coefficient (Wildman–Crippen LogP) is 8.17. The number of benzene rings is 2. The van der Waals surface area contributed by atoms with Crippen LogP contribution in [0.15, 0.2) is 36.4 Å². The molecule has 58 heavy (non-hydrogen) atoms. The number of ether oxygens (including phenoxy) is 5. The summed E-state index contributed by atoms with van der Waals surface area (Å²) in [5, 5.41) is 0.451. The Bertz CT molecular complexity index is 1810. The van der Waals surface area contributed by atoms with Crippen LogP contribution in [0.5, 0.6) is 11.5 Å². The maximum Gasteiger partial charge on any atom is 0.336 e. The van der Waals surface area contributed by atoms with Crippen LogP contribution in [0.2, 0.25) is 5.02 Å². The van der Waals surface area contributed by atoms with Gasteiger partial charge in [-0.05, 0) is 90.0 Å². The summed E-state index contributed by atoms with van der Waals surface area (Å²) in [5.41, 5.74) is -0.0789. The first kappa shape index (κ1) is 47.0. The Morgan fingerprint density at radius 1 is 0.845 bits per heavy atom. The largest absolute Gasteiger partial charge is 0.493 e. The van der Waals surface area contributed by atoms with Gasteiger partial charge < -0.3 is 33.5 Å². The number of likely N-dealkylation sites (tertiary alicyclic amines) is 1. The van der Waals surface area contributed by atoms with Crippen LogP contribution in [0.25, 0.3) is 0 Å². The van der Waals surface area contributed by atoms with E-state index in [0.717, 1.165) is 0 Å². The zero-order valence-corrected chi connectivity index (χ0v) is 37.3. The highest BCUT2D eigenvalue weighted by atomic mass is 35.5. The molecule has 16 heteroatoms. The monoisotopic (exact) mass is 850 g/mol. The van der Waals surface area contributed by atoms with Gasteiger partial charge in [-0.3, -0.25) is 32.8 Å². The molecule has 0 N–H and O–H groups in total. The molecule has 14 nitrogen and oxygen atoms in total. The van der Waals surface area contributed by atoms with Gasteiger partial charge in [0.05, 0.1) is 37.6 Å². The van der Waals surface area contributed by atoms with Crippen molar-refractivity contribution >= 4 is 48.6 Å². The highest BCUT2D eigenvalue weighted by molar-refractivity contribution is 7.53. The Morgan fingerprint density at radius 2 is 1.43 bits per heavy atom. The van der Waals surface area contributed by atoms with Gasteiger partial charge >= 0.3 is 19.5 Å². The molecule has 1 fully saturated rings. The molecular formula is C42H60ClN2O12P. The minimum absolute atomic E-state index is 0.0635. The Kier molecular flexibility index (Phi) is 15.5. The molecule has 0 radical (unpaired) electrons. The molecule has 0 aromatic heterocycles. The number of methoxy groups -OCH3 is 2. The lowest BCUT2D eigenvalue weighted by Crippen LogP contribution is -2.47. The van der Waals surface area contributed by atoms with E-state index in [1.165, 1.54) is 14.2 Å². The normalized spacial score (nSPS) is 18.3. The molecule has 2 aromatic carbocycles. The fraction of sp³-hybridized carbons (Fsp3) is 0.619. The minimum atomic E-state index is -3.95. The second-order valence-electron chi connectivity index (χ2n) is 18.0. The first-order valence-electron chi connectivity index (χ1n) is 19.4. The van der Waals surface area contributed by atoms with Gasteiger partial charge in [-0.15, -0.1) is 0 Å². The lowest BCUT2D eigenvalue weighted by atomic mass is 9.94. The van der Waals surface area contributed by atoms with Crippen LogP contribution >= 0.6 is 19.2 Å². The molecule has 0 spiro atoms. The molecule has 1 saturated heterocycles. The van der Waals surface area contributed by atoms with E-state index in [-0.39, 0.29) is 35.7 Å². The molecule has 2 aliphatic rings. The summed E-state index contributed by atoms with van der Waals surface area (Å²) in [5.74, 6) is -1.06. The number of hydrogen-bond acceptors (Lipinski definition) is 12. The second kappa shape index (κ2) is 19.1. The molecule has 2 aromatic rings. The number of piperidine rings is 1. The maximum atomic E-state index is 14.5. The lowest BCUT2D eigenvalue weighted by molar-refractivity contribution is -0.162. The molecule has 322 valence electrons. The maximum absolute atomic E-state index is 14.5. The van der Waals surface area contributed by atoms with Gasteiger partial charge in [0.25, 0.3) is 5.91 Å². The number of carbonyl (C=O) groups is 4. The van der Waals surface area contributed by atoms with Crippen molar-refractivity contribution in [2.24, 2.45) is 22.2 Å². The smallest absolute Gasteiger partial charge is 0.336 e. The molecule has 2 aliphatic heterocycles. The number of amides is 2. The summed E-state index contributed by atoms with van der Waals surface area (Å²) < 4.78 is 53.6. The van der Waals surface area contributed by atoms with E-state index < -0.39 is 56.2 Å². The van der Waals surface area contributed by atoms with Gasteiger partial charge in [0.2, 0.25) is 19.5 Å². The van der Waals surface area contributed by atoms with E-state index in [2.05, 4.69) is 0 Å². The van der Waals surface area contributed by atoms with Crippen LogP contribution in [0.3, 0.4) is 0 Å². The molecule has 0 bridgehead atoms. The summed E-state index contributed by atoms with van der Waals surface area (Å²) in [7, 11) is -0.890. The van der Waals surface area contributed by atoms with Crippen molar-refractivity contribution in [2.75, 3.05) is 58.5 Å². The SMILES string of the molecule is COc1cccc([C@H]2O[C@H](CC(=O)N3CCC(CP(=O)(OCOC(=O)C(C)(C)C)OCOC(=O)C(C)(C)C)CC3)C(=O)N(CC(C)(C)C)c3ccc(Cl)cc32)c1OC. The number of anilines is 1. The number of rotatable bonds is 14. The second-order valence-corrected chi connectivity index (χ2v) is 20.5. The predicted molar refractivity (Wildman–Crippen MR) is 219 cm³/mol. The number of fused-ring (bicyclic) bond motifs is 1. The van der Waals surface area contributed by atoms with E-state index >= 15 is 0 Å². The number of carbonyl (C=O) groups excluding carboxylic acids is 4. The first-order valence-corrected chi connectivity index (χ1v) is 21.5. The number of hydrogen-bond donors (Lipinski definition) is 0. The highest BCUT2D eigenvalue weighted by Gasteiger charge is 2.42. The van der Waals surface area contributed by atoms with Crippen LogP contribution in [0, 0.1) is 22.2 Å². The average Bonchev–Trinajstić information content (AvgIpc) is 3.23. The van der Waals surface area contributed by atoms with Crippen molar-refractivity contribution in [2.45, 2.75) is 93.8 Å². The van der Waals surface area contributed by atoms with Crippen LogP contribution in [-0.2, 0) is 47.0 Å². The average molecular weight is 851 g/mol. The van der Waals surface area contributed by atoms with E-state index in [9.17, 15) is 23.7 Å². The number of esters is 2. The van der Waals surface area contributed by atoms with Gasteiger partial charge in [-0.1, -0.05) is 44.5 Å². The third kappa shape index (κ3) is 12.4. The molecule has 2 amide bonds.